The molecular weight excluding hydrogens is 403 g/mol. The smallest absolute Gasteiger partial charge is 0.219 e. The lowest BCUT2D eigenvalue weighted by molar-refractivity contribution is -0.132. The van der Waals surface area contributed by atoms with E-state index >= 15 is 0 Å². The van der Waals surface area contributed by atoms with Gasteiger partial charge in [0.15, 0.2) is 0 Å². The lowest BCUT2D eigenvalue weighted by Crippen LogP contribution is -2.41. The Kier molecular flexibility index (Phi) is 7.59. The Morgan fingerprint density at radius 1 is 1.06 bits per heavy atom. The summed E-state index contributed by atoms with van der Waals surface area (Å²) in [5, 5.41) is 14.3. The number of hydrogen-bond acceptors (Lipinski definition) is 3. The second-order valence-electron chi connectivity index (χ2n) is 9.59. The standard InChI is InChI=1S/C27H35FN2O2/c1-19(31)30(18-21-6-3-2-4-7-21)25-13-10-20(11-14-25)16-24-12-15-26(29-24)27(32)22-8-5-9-23(28)17-22/h2-9,17,20,24-27,29,32H,10-16,18H2,1H3/t20?,24-,25?,26+,27-/m0/s1. The van der Waals surface area contributed by atoms with Gasteiger partial charge in [-0.05, 0) is 74.1 Å². The van der Waals surface area contributed by atoms with E-state index in [0.29, 0.717) is 30.1 Å². The zero-order valence-electron chi connectivity index (χ0n) is 18.9. The minimum Gasteiger partial charge on any atom is -0.387 e. The summed E-state index contributed by atoms with van der Waals surface area (Å²) in [6.45, 7) is 2.37. The van der Waals surface area contributed by atoms with Crippen LogP contribution in [0.2, 0.25) is 0 Å². The van der Waals surface area contributed by atoms with E-state index in [1.165, 1.54) is 17.7 Å². The van der Waals surface area contributed by atoms with Gasteiger partial charge in [0.25, 0.3) is 0 Å². The van der Waals surface area contributed by atoms with E-state index in [1.807, 2.05) is 23.1 Å². The van der Waals surface area contributed by atoms with E-state index < -0.39 is 6.10 Å². The number of halogens is 1. The van der Waals surface area contributed by atoms with Gasteiger partial charge >= 0.3 is 0 Å². The van der Waals surface area contributed by atoms with Crippen molar-refractivity contribution in [1.82, 2.24) is 10.2 Å². The molecule has 1 heterocycles. The first-order valence-corrected chi connectivity index (χ1v) is 12.0. The van der Waals surface area contributed by atoms with Gasteiger partial charge in [-0.25, -0.2) is 4.39 Å². The number of nitrogens with zero attached hydrogens (tertiary/aromatic N) is 1. The second-order valence-corrected chi connectivity index (χ2v) is 9.59. The largest absolute Gasteiger partial charge is 0.387 e. The Bertz CT molecular complexity index is 882. The Morgan fingerprint density at radius 2 is 1.81 bits per heavy atom. The average Bonchev–Trinajstić information content (AvgIpc) is 3.26. The van der Waals surface area contributed by atoms with Crippen LogP contribution in [0.25, 0.3) is 0 Å². The van der Waals surface area contributed by atoms with Crippen molar-refractivity contribution in [2.24, 2.45) is 5.92 Å². The third-order valence-electron chi connectivity index (χ3n) is 7.32. The highest BCUT2D eigenvalue weighted by molar-refractivity contribution is 5.73. The fraction of sp³-hybridized carbons (Fsp3) is 0.519. The molecule has 0 bridgehead atoms. The normalized spacial score (nSPS) is 26.6. The molecule has 0 spiro atoms. The number of hydrogen-bond donors (Lipinski definition) is 2. The van der Waals surface area contributed by atoms with Crippen molar-refractivity contribution in [3.8, 4) is 0 Å². The topological polar surface area (TPSA) is 52.6 Å². The summed E-state index contributed by atoms with van der Waals surface area (Å²) in [5.74, 6) is 0.503. The molecule has 3 atom stereocenters. The highest BCUT2D eigenvalue weighted by atomic mass is 19.1. The molecule has 1 aliphatic carbocycles. The highest BCUT2D eigenvalue weighted by Gasteiger charge is 2.33. The van der Waals surface area contributed by atoms with Crippen molar-refractivity contribution in [1.29, 1.82) is 0 Å². The molecule has 1 saturated carbocycles. The Labute approximate surface area is 190 Å². The SMILES string of the molecule is CC(=O)N(Cc1ccccc1)C1CCC(C[C@@H]2CC[C@H]([C@@H](O)c3cccc(F)c3)N2)CC1. The third kappa shape index (κ3) is 5.76. The molecule has 1 aliphatic heterocycles. The summed E-state index contributed by atoms with van der Waals surface area (Å²) in [7, 11) is 0. The van der Waals surface area contributed by atoms with Gasteiger partial charge in [0.05, 0.1) is 6.10 Å². The van der Waals surface area contributed by atoms with E-state index in [4.69, 9.17) is 0 Å². The van der Waals surface area contributed by atoms with Crippen molar-refractivity contribution in [3.63, 3.8) is 0 Å². The van der Waals surface area contributed by atoms with Crippen LogP contribution in [0.4, 0.5) is 4.39 Å². The third-order valence-corrected chi connectivity index (χ3v) is 7.32. The van der Waals surface area contributed by atoms with Gasteiger partial charge in [0.1, 0.15) is 5.82 Å². The predicted octanol–water partition coefficient (Wildman–Crippen LogP) is 4.98. The molecule has 5 heteroatoms. The van der Waals surface area contributed by atoms with E-state index in [2.05, 4.69) is 17.4 Å². The van der Waals surface area contributed by atoms with E-state index in [-0.39, 0.29) is 17.8 Å². The molecule has 0 aromatic heterocycles. The van der Waals surface area contributed by atoms with Crippen molar-refractivity contribution < 1.29 is 14.3 Å². The van der Waals surface area contributed by atoms with Crippen LogP contribution in [0.15, 0.2) is 54.6 Å². The van der Waals surface area contributed by atoms with Crippen LogP contribution >= 0.6 is 0 Å². The minimum absolute atomic E-state index is 0.0165. The summed E-state index contributed by atoms with van der Waals surface area (Å²) in [6.07, 6.45) is 6.78. The molecule has 2 fully saturated rings. The summed E-state index contributed by atoms with van der Waals surface area (Å²) in [5.41, 5.74) is 1.83. The van der Waals surface area contributed by atoms with Gasteiger partial charge in [-0.15, -0.1) is 0 Å². The van der Waals surface area contributed by atoms with Crippen LogP contribution < -0.4 is 5.32 Å². The molecule has 2 aromatic rings. The number of carbonyl (C=O) groups excluding carboxylic acids is 1. The summed E-state index contributed by atoms with van der Waals surface area (Å²) < 4.78 is 13.5. The first-order valence-electron chi connectivity index (χ1n) is 12.0. The van der Waals surface area contributed by atoms with Gasteiger partial charge in [-0.2, -0.15) is 0 Å². The Hall–Kier alpha value is -2.24. The molecule has 1 amide bonds. The molecule has 4 rings (SSSR count). The maximum absolute atomic E-state index is 13.5. The first kappa shape index (κ1) is 22.9. The zero-order chi connectivity index (χ0) is 22.5. The molecule has 2 aromatic carbocycles. The molecular formula is C27H35FN2O2. The lowest BCUT2D eigenvalue weighted by atomic mass is 9.81. The van der Waals surface area contributed by atoms with Crippen molar-refractivity contribution in [3.05, 3.63) is 71.5 Å². The van der Waals surface area contributed by atoms with Gasteiger partial charge in [-0.3, -0.25) is 4.79 Å². The molecule has 2 aliphatic rings. The van der Waals surface area contributed by atoms with Gasteiger partial charge in [0, 0.05) is 31.6 Å². The molecule has 4 nitrogen and oxygen atoms in total. The highest BCUT2D eigenvalue weighted by Crippen LogP contribution is 2.34. The van der Waals surface area contributed by atoms with Gasteiger partial charge < -0.3 is 15.3 Å². The van der Waals surface area contributed by atoms with E-state index in [9.17, 15) is 14.3 Å². The van der Waals surface area contributed by atoms with Crippen LogP contribution in [0.3, 0.4) is 0 Å². The first-order chi connectivity index (χ1) is 15.5. The molecule has 0 unspecified atom stereocenters. The zero-order valence-corrected chi connectivity index (χ0v) is 18.9. The maximum Gasteiger partial charge on any atom is 0.219 e. The van der Waals surface area contributed by atoms with Crippen LogP contribution in [-0.4, -0.2) is 34.0 Å². The Balaban J connectivity index is 1.25. The van der Waals surface area contributed by atoms with Gasteiger partial charge in [0.2, 0.25) is 5.91 Å². The number of nitrogens with one attached hydrogen (secondary N) is 1. The molecule has 172 valence electrons. The number of aliphatic hydroxyl groups is 1. The van der Waals surface area contributed by atoms with E-state index in [1.54, 1.807) is 19.1 Å². The van der Waals surface area contributed by atoms with Crippen LogP contribution in [0.5, 0.6) is 0 Å². The summed E-state index contributed by atoms with van der Waals surface area (Å²) >= 11 is 0. The van der Waals surface area contributed by atoms with E-state index in [0.717, 1.165) is 44.9 Å². The number of rotatable bonds is 7. The molecule has 1 saturated heterocycles. The quantitative estimate of drug-likeness (QED) is 0.641. The van der Waals surface area contributed by atoms with Crippen LogP contribution in [0.1, 0.15) is 69.1 Å². The molecule has 2 N–H and O–H groups in total. The number of carbonyl (C=O) groups is 1. The lowest BCUT2D eigenvalue weighted by Gasteiger charge is -2.37. The number of amides is 1. The fourth-order valence-electron chi connectivity index (χ4n) is 5.58. The van der Waals surface area contributed by atoms with Crippen molar-refractivity contribution >= 4 is 5.91 Å². The van der Waals surface area contributed by atoms with Crippen molar-refractivity contribution in [2.75, 3.05) is 0 Å². The summed E-state index contributed by atoms with van der Waals surface area (Å²) in [4.78, 5) is 14.4. The van der Waals surface area contributed by atoms with Crippen molar-refractivity contribution in [2.45, 2.75) is 82.6 Å². The monoisotopic (exact) mass is 438 g/mol. The Morgan fingerprint density at radius 3 is 2.50 bits per heavy atom. The second kappa shape index (κ2) is 10.6. The molecule has 32 heavy (non-hydrogen) atoms. The number of aliphatic hydroxyl groups excluding tert-OH is 1. The van der Waals surface area contributed by atoms with Gasteiger partial charge in [-0.1, -0.05) is 42.5 Å². The van der Waals surface area contributed by atoms with Crippen LogP contribution in [-0.2, 0) is 11.3 Å². The fourth-order valence-corrected chi connectivity index (χ4v) is 5.58. The molecule has 0 radical (unpaired) electrons. The predicted molar refractivity (Wildman–Crippen MR) is 124 cm³/mol. The average molecular weight is 439 g/mol. The minimum atomic E-state index is -0.673. The van der Waals surface area contributed by atoms with Crippen LogP contribution in [0, 0.1) is 11.7 Å². The summed E-state index contributed by atoms with van der Waals surface area (Å²) in [6, 6.07) is 17.2. The number of benzene rings is 2. The maximum atomic E-state index is 13.5.